The SMILES string of the molecule is C.C.ClCc1ccc2ncc(Cl)cc2c1.O[n+]1cc(Cl)cc2cc(CCl)ccc21. The van der Waals surface area contributed by atoms with E-state index in [4.69, 9.17) is 46.4 Å². The van der Waals surface area contributed by atoms with E-state index in [2.05, 4.69) is 4.98 Å². The second kappa shape index (κ2) is 11.4. The average molecular weight is 473 g/mol. The molecule has 0 saturated carbocycles. The van der Waals surface area contributed by atoms with Crippen LogP contribution < -0.4 is 4.73 Å². The molecular weight excluding hydrogens is 450 g/mol. The number of alkyl halides is 2. The van der Waals surface area contributed by atoms with Gasteiger partial charge in [0.15, 0.2) is 0 Å². The summed E-state index contributed by atoms with van der Waals surface area (Å²) in [7, 11) is 0. The highest BCUT2D eigenvalue weighted by molar-refractivity contribution is 6.31. The van der Waals surface area contributed by atoms with E-state index < -0.39 is 0 Å². The van der Waals surface area contributed by atoms with Crippen molar-refractivity contribution >= 4 is 68.2 Å². The first kappa shape index (κ1) is 25.3. The summed E-state index contributed by atoms with van der Waals surface area (Å²) in [6.07, 6.45) is 3.09. The van der Waals surface area contributed by atoms with Crippen LogP contribution in [-0.4, -0.2) is 10.2 Å². The minimum atomic E-state index is 0. The van der Waals surface area contributed by atoms with Crippen LogP contribution in [-0.2, 0) is 11.8 Å². The van der Waals surface area contributed by atoms with E-state index in [0.29, 0.717) is 27.3 Å². The lowest BCUT2D eigenvalue weighted by Crippen LogP contribution is -2.30. The van der Waals surface area contributed by atoms with Crippen molar-refractivity contribution in [3.8, 4) is 0 Å². The van der Waals surface area contributed by atoms with Gasteiger partial charge in [-0.05, 0) is 41.5 Å². The zero-order valence-corrected chi connectivity index (χ0v) is 17.1. The zero-order chi connectivity index (χ0) is 19.4. The van der Waals surface area contributed by atoms with Crippen molar-refractivity contribution < 1.29 is 9.94 Å². The van der Waals surface area contributed by atoms with E-state index in [1.807, 2.05) is 42.5 Å². The van der Waals surface area contributed by atoms with Gasteiger partial charge < -0.3 is 0 Å². The number of hydrogen-bond acceptors (Lipinski definition) is 2. The number of pyridine rings is 2. The second-order valence-corrected chi connectivity index (χ2v) is 7.25. The molecule has 0 unspecified atom stereocenters. The fraction of sp³-hybridized carbons (Fsp3) is 0.182. The molecule has 2 aromatic heterocycles. The first-order valence-corrected chi connectivity index (χ1v) is 9.82. The fourth-order valence-corrected chi connectivity index (χ4v) is 3.33. The van der Waals surface area contributed by atoms with E-state index in [-0.39, 0.29) is 14.9 Å². The standard InChI is InChI=1S/C10H8Cl2NO.C10H7Cl2N.2CH4/c11-5-7-1-2-10-8(3-7)4-9(12)6-13(10)14;11-5-7-1-2-10-8(3-7)4-9(12)6-13-10;;/h1-4,6,14H,5H2;1-4,6H,5H2;2*1H4/q+1;;;. The van der Waals surface area contributed by atoms with Gasteiger partial charge in [-0.3, -0.25) is 10.2 Å². The Balaban J connectivity index is 0.000000272. The summed E-state index contributed by atoms with van der Waals surface area (Å²) in [6, 6.07) is 15.2. The number of fused-ring (bicyclic) bond motifs is 2. The maximum absolute atomic E-state index is 9.51. The average Bonchev–Trinajstić information content (AvgIpc) is 2.67. The zero-order valence-electron chi connectivity index (χ0n) is 14.0. The molecule has 0 fully saturated rings. The molecule has 7 heteroatoms. The van der Waals surface area contributed by atoms with Crippen molar-refractivity contribution in [1.82, 2.24) is 4.98 Å². The van der Waals surface area contributed by atoms with E-state index in [0.717, 1.165) is 32.1 Å². The summed E-state index contributed by atoms with van der Waals surface area (Å²) in [5.41, 5.74) is 3.74. The number of benzene rings is 2. The van der Waals surface area contributed by atoms with Gasteiger partial charge in [0, 0.05) is 34.1 Å². The molecule has 4 rings (SSSR count). The van der Waals surface area contributed by atoms with Crippen LogP contribution in [0, 0.1) is 0 Å². The Labute approximate surface area is 191 Å². The van der Waals surface area contributed by atoms with Gasteiger partial charge in [0.25, 0.3) is 5.52 Å². The van der Waals surface area contributed by atoms with Gasteiger partial charge in [-0.25, -0.2) is 0 Å². The van der Waals surface area contributed by atoms with Crippen LogP contribution in [0.1, 0.15) is 26.0 Å². The first-order valence-electron chi connectivity index (χ1n) is 7.99. The van der Waals surface area contributed by atoms with Crippen molar-refractivity contribution in [2.24, 2.45) is 0 Å². The highest BCUT2D eigenvalue weighted by atomic mass is 35.5. The molecule has 4 aromatic rings. The number of halogens is 4. The molecule has 2 heterocycles. The first-order chi connectivity index (χ1) is 13.0. The molecule has 0 aliphatic heterocycles. The predicted octanol–water partition coefficient (Wildman–Crippen LogP) is 7.66. The van der Waals surface area contributed by atoms with Crippen LogP contribution in [0.2, 0.25) is 10.0 Å². The molecule has 1 N–H and O–H groups in total. The summed E-state index contributed by atoms with van der Waals surface area (Å²) in [6.45, 7) is 0. The second-order valence-electron chi connectivity index (χ2n) is 5.84. The summed E-state index contributed by atoms with van der Waals surface area (Å²) < 4.78 is 1.01. The van der Waals surface area contributed by atoms with Crippen LogP contribution >= 0.6 is 46.4 Å². The lowest BCUT2D eigenvalue weighted by atomic mass is 10.1. The van der Waals surface area contributed by atoms with Gasteiger partial charge in [-0.1, -0.05) is 50.2 Å². The van der Waals surface area contributed by atoms with Crippen LogP contribution in [0.3, 0.4) is 0 Å². The van der Waals surface area contributed by atoms with Crippen LogP contribution in [0.15, 0.2) is 60.9 Å². The normalized spacial score (nSPS) is 9.93. The maximum Gasteiger partial charge on any atom is 0.264 e. The Bertz CT molecular complexity index is 1100. The highest BCUT2D eigenvalue weighted by Crippen LogP contribution is 2.19. The van der Waals surface area contributed by atoms with Crippen molar-refractivity contribution in [3.63, 3.8) is 0 Å². The quantitative estimate of drug-likeness (QED) is 0.184. The molecule has 0 amide bonds. The summed E-state index contributed by atoms with van der Waals surface area (Å²) >= 11 is 23.0. The molecule has 0 bridgehead atoms. The van der Waals surface area contributed by atoms with E-state index in [1.165, 1.54) is 6.20 Å². The van der Waals surface area contributed by atoms with Crippen molar-refractivity contribution in [3.05, 3.63) is 82.1 Å². The molecule has 0 atom stereocenters. The lowest BCUT2D eigenvalue weighted by Gasteiger charge is -1.99. The van der Waals surface area contributed by atoms with Crippen molar-refractivity contribution in [2.45, 2.75) is 26.6 Å². The monoisotopic (exact) mass is 471 g/mol. The largest absolute Gasteiger partial charge is 0.284 e. The van der Waals surface area contributed by atoms with Gasteiger partial charge in [-0.2, -0.15) is 0 Å². The highest BCUT2D eigenvalue weighted by Gasteiger charge is 2.09. The van der Waals surface area contributed by atoms with Crippen molar-refractivity contribution in [2.75, 3.05) is 0 Å². The Hall–Kier alpha value is -1.78. The Morgan fingerprint density at radius 1 is 0.793 bits per heavy atom. The minimum absolute atomic E-state index is 0. The number of aromatic nitrogens is 2. The third-order valence-electron chi connectivity index (χ3n) is 3.90. The molecular formula is C22H23Cl4N2O+. The molecule has 29 heavy (non-hydrogen) atoms. The molecule has 0 saturated heterocycles. The summed E-state index contributed by atoms with van der Waals surface area (Å²) in [5, 5.41) is 12.6. The number of nitrogens with zero attached hydrogens (tertiary/aromatic N) is 2. The Morgan fingerprint density at radius 3 is 2.03 bits per heavy atom. The Kier molecular flexibility index (Phi) is 9.94. The van der Waals surface area contributed by atoms with Crippen LogP contribution in [0.4, 0.5) is 0 Å². The van der Waals surface area contributed by atoms with E-state index in [9.17, 15) is 5.21 Å². The molecule has 0 aliphatic carbocycles. The van der Waals surface area contributed by atoms with E-state index >= 15 is 0 Å². The van der Waals surface area contributed by atoms with Crippen LogP contribution in [0.25, 0.3) is 21.8 Å². The molecule has 0 spiro atoms. The summed E-state index contributed by atoms with van der Waals surface area (Å²) in [5.74, 6) is 0.969. The minimum Gasteiger partial charge on any atom is -0.284 e. The molecule has 0 radical (unpaired) electrons. The molecule has 154 valence electrons. The third kappa shape index (κ3) is 6.35. The lowest BCUT2D eigenvalue weighted by molar-refractivity contribution is -0.884. The maximum atomic E-state index is 9.51. The smallest absolute Gasteiger partial charge is 0.264 e. The van der Waals surface area contributed by atoms with Gasteiger partial charge in [0.05, 0.1) is 15.9 Å². The van der Waals surface area contributed by atoms with Crippen LogP contribution in [0.5, 0.6) is 0 Å². The van der Waals surface area contributed by atoms with Gasteiger partial charge in [-0.15, -0.1) is 23.2 Å². The predicted molar refractivity (Wildman–Crippen MR) is 126 cm³/mol. The fourth-order valence-electron chi connectivity index (χ4n) is 2.62. The molecule has 3 nitrogen and oxygen atoms in total. The van der Waals surface area contributed by atoms with E-state index in [1.54, 1.807) is 12.3 Å². The van der Waals surface area contributed by atoms with Gasteiger partial charge in [0.1, 0.15) is 5.02 Å². The third-order valence-corrected chi connectivity index (χ3v) is 4.93. The van der Waals surface area contributed by atoms with Gasteiger partial charge >= 0.3 is 0 Å². The topological polar surface area (TPSA) is 37.0 Å². The molecule has 2 aromatic carbocycles. The number of hydrogen-bond donors (Lipinski definition) is 1. The Morgan fingerprint density at radius 2 is 1.38 bits per heavy atom. The van der Waals surface area contributed by atoms with Crippen molar-refractivity contribution in [1.29, 1.82) is 0 Å². The molecule has 0 aliphatic rings. The van der Waals surface area contributed by atoms with Gasteiger partial charge in [0.2, 0.25) is 6.20 Å². The summed E-state index contributed by atoms with van der Waals surface area (Å²) in [4.78, 5) is 4.18. The number of rotatable bonds is 2.